The normalized spacial score (nSPS) is 10.4. The lowest BCUT2D eigenvalue weighted by Crippen LogP contribution is -2.20. The zero-order chi connectivity index (χ0) is 102. The molecule has 8 aromatic heterocycles. The van der Waals surface area contributed by atoms with Gasteiger partial charge >= 0.3 is 0 Å². The van der Waals surface area contributed by atoms with Gasteiger partial charge in [-0.3, -0.25) is 9.13 Å². The van der Waals surface area contributed by atoms with Gasteiger partial charge in [0, 0.05) is 137 Å². The first-order valence-corrected chi connectivity index (χ1v) is 41.5. The standard InChI is InChI=1S/C12H17N5O2.3C11H15N5O2.3C10H13N5O2.C9H11N5O2/c1-16(2)11-13-12(15-14-11)17(3)7-8-4-5-9(18)10(19)6-8;1-15(11-14-13-10(12)16(11)2)6-7-3-4-8(17)9(18)5-7;1-16(2)11-13-10(14-15-11)12-6-7-3-4-8(17)9(18)5-7;1-12-10-13-11(15-14-10)16(2)6-7-3-4-8(17)9(18)5-7;1-15(10-12-9(11)13-14-10)5-6-2-3-7(16)8(17)4-6;1-15-9(11)13-14-10(15)12-5-6-2-3-7(16)8(17)4-6;1-11-9-13-10(15-14-9)12-5-6-2-3-7(16)8(17)4-6;10-8-12-9(14-13-8)11-4-5-1-2-6(15)7(16)3-5/h4-6,18-19H,7H2,1-3H3,(H,13,14,15);3-5,17-18H,6H2,1-2H3,(H2,12,13);2*3-5,17-18H,6H2,1-2H3,(H2,12,13,14,15);2-4,16-17H,5H2,1H3,(H3,11,12,13,14);2-4,16-17H,5H2,1H3,(H2,11,13)(H,12,14);2-4,16-17H,5H2,1H3,(H3,11,12,13,14,15);1-3,15-16H,4H2,(H4,10,11,12,13,14). The monoisotopic (exact) mass is 1940 g/mol. The second-order valence-corrected chi connectivity index (χ2v) is 30.6. The topological polar surface area (TPSA) is 830 Å². The number of aromatic nitrogens is 24. The molecule has 16 aromatic rings. The summed E-state index contributed by atoms with van der Waals surface area (Å²) in [6.07, 6.45) is 0. The fourth-order valence-electron chi connectivity index (χ4n) is 11.6. The van der Waals surface area contributed by atoms with Crippen molar-refractivity contribution < 1.29 is 81.7 Å². The molecule has 0 unspecified atom stereocenters. The quantitative estimate of drug-likeness (QED) is 0.0277. The van der Waals surface area contributed by atoms with E-state index in [4.69, 9.17) is 38.3 Å². The SMILES string of the molecule is CN(C)c1n[nH]c(N(C)Cc2ccc(O)c(O)c2)n1.CN(C)c1n[nH]c(NCc2ccc(O)c(O)c2)n1.CN(Cc1ccc(O)c(O)c1)c1n[nH]c(N)n1.CN(Cc1ccc(O)c(O)c1)c1nnc(N)n1C.CNc1n[nH]c(NCc2ccc(O)c(O)c2)n1.CNc1nc(N(C)Cc2ccc(O)c(O)c2)n[nH]1.Cn1c(N)nnc1NCc1ccc(O)c(O)c1.Nc1nc(NCc2ccc(O)c(O)c2)n[nH]1. The Labute approximate surface area is 797 Å². The highest BCUT2D eigenvalue weighted by Crippen LogP contribution is 2.34. The van der Waals surface area contributed by atoms with Gasteiger partial charge in [-0.05, 0) is 142 Å². The molecular formula is C84H112N40O16. The molecule has 0 fully saturated rings. The van der Waals surface area contributed by atoms with Crippen LogP contribution in [0.5, 0.6) is 92.0 Å². The number of phenols is 16. The van der Waals surface area contributed by atoms with Crippen LogP contribution in [0.25, 0.3) is 0 Å². The Hall–Kier alpha value is -19.5. The van der Waals surface area contributed by atoms with E-state index in [0.29, 0.717) is 136 Å². The molecule has 0 amide bonds. The van der Waals surface area contributed by atoms with Crippen LogP contribution in [-0.2, 0) is 66.5 Å². The summed E-state index contributed by atoms with van der Waals surface area (Å²) in [5.74, 6) is 5.48. The number of benzene rings is 8. The molecule has 140 heavy (non-hydrogen) atoms. The van der Waals surface area contributed by atoms with Crippen molar-refractivity contribution in [1.82, 2.24) is 121 Å². The van der Waals surface area contributed by atoms with E-state index < -0.39 is 0 Å². The number of nitrogens with one attached hydrogen (secondary N) is 12. The maximum atomic E-state index is 9.45. The summed E-state index contributed by atoms with van der Waals surface area (Å²) in [4.78, 5) is 35.5. The Morgan fingerprint density at radius 3 is 0.936 bits per heavy atom. The van der Waals surface area contributed by atoms with E-state index >= 15 is 0 Å². The van der Waals surface area contributed by atoms with Crippen LogP contribution < -0.4 is 84.2 Å². The zero-order valence-electron chi connectivity index (χ0n) is 77.7. The molecule has 8 heterocycles. The van der Waals surface area contributed by atoms with Gasteiger partial charge in [-0.25, -0.2) is 30.6 Å². The van der Waals surface area contributed by atoms with Gasteiger partial charge < -0.3 is 166 Å². The minimum Gasteiger partial charge on any atom is -0.504 e. The molecule has 0 spiro atoms. The second kappa shape index (κ2) is 49.3. The third kappa shape index (κ3) is 31.3. The molecule has 36 N–H and O–H groups in total. The first-order valence-electron chi connectivity index (χ1n) is 41.5. The van der Waals surface area contributed by atoms with Gasteiger partial charge in [0.15, 0.2) is 92.0 Å². The van der Waals surface area contributed by atoms with Gasteiger partial charge in [-0.1, -0.05) is 48.5 Å². The smallest absolute Gasteiger partial charge is 0.246 e. The van der Waals surface area contributed by atoms with Gasteiger partial charge in [0.05, 0.1) is 0 Å². The van der Waals surface area contributed by atoms with Gasteiger partial charge in [0.25, 0.3) is 0 Å². The highest BCUT2D eigenvalue weighted by molar-refractivity contribution is 5.51. The van der Waals surface area contributed by atoms with Crippen molar-refractivity contribution in [2.24, 2.45) is 14.1 Å². The molecule has 0 saturated heterocycles. The third-order valence-corrected chi connectivity index (χ3v) is 19.1. The molecule has 744 valence electrons. The Kier molecular flexibility index (Phi) is 36.7. The molecule has 56 heteroatoms. The van der Waals surface area contributed by atoms with Crippen molar-refractivity contribution in [3.8, 4) is 92.0 Å². The molecule has 0 radical (unpaired) electrons. The first kappa shape index (κ1) is 104. The average Bonchev–Trinajstić information content (AvgIpc) is 1.70. The Bertz CT molecular complexity index is 6620. The number of nitrogens with two attached hydrogens (primary N) is 4. The summed E-state index contributed by atoms with van der Waals surface area (Å²) in [5.41, 5.74) is 28.5. The number of rotatable bonds is 28. The van der Waals surface area contributed by atoms with Gasteiger partial charge in [-0.15, -0.1) is 51.0 Å². The number of hydrogen-bond donors (Lipinski definition) is 32. The number of nitrogens with zero attached hydrogens (tertiary/aromatic N) is 24. The number of anilines is 16. The number of aromatic amines is 6. The lowest BCUT2D eigenvalue weighted by Gasteiger charge is -2.17. The predicted molar refractivity (Wildman–Crippen MR) is 522 cm³/mol. The van der Waals surface area contributed by atoms with Crippen molar-refractivity contribution in [1.29, 1.82) is 0 Å². The van der Waals surface area contributed by atoms with Crippen LogP contribution in [0.4, 0.5) is 95.2 Å². The van der Waals surface area contributed by atoms with E-state index in [2.05, 4.69) is 143 Å². The lowest BCUT2D eigenvalue weighted by atomic mass is 10.2. The minimum atomic E-state index is -0.159. The van der Waals surface area contributed by atoms with Crippen molar-refractivity contribution in [3.05, 3.63) is 190 Å². The number of phenolic OH excluding ortho intramolecular Hbond substituents is 16. The van der Waals surface area contributed by atoms with E-state index in [-0.39, 0.29) is 104 Å². The Morgan fingerprint density at radius 2 is 0.593 bits per heavy atom. The van der Waals surface area contributed by atoms with Gasteiger partial charge in [-0.2, -0.15) is 29.9 Å². The van der Waals surface area contributed by atoms with E-state index in [1.165, 1.54) is 97.1 Å². The van der Waals surface area contributed by atoms with Crippen LogP contribution >= 0.6 is 0 Å². The number of H-pyrrole nitrogens is 6. The molecular weight excluding hydrogens is 1830 g/mol. The van der Waals surface area contributed by atoms with Gasteiger partial charge in [0.2, 0.25) is 95.2 Å². The summed E-state index contributed by atoms with van der Waals surface area (Å²) in [6.45, 7) is 3.86. The number of nitrogen functional groups attached to an aromatic ring is 4. The average molecular weight is 1940 g/mol. The highest BCUT2D eigenvalue weighted by Gasteiger charge is 2.18. The molecule has 0 atom stereocenters. The van der Waals surface area contributed by atoms with Crippen LogP contribution in [0.3, 0.4) is 0 Å². The molecule has 0 aliphatic rings. The Balaban J connectivity index is 0.000000179. The molecule has 16 rings (SSSR count). The largest absolute Gasteiger partial charge is 0.504 e. The van der Waals surface area contributed by atoms with E-state index in [9.17, 15) is 66.4 Å². The van der Waals surface area contributed by atoms with Crippen LogP contribution in [0.2, 0.25) is 0 Å². The molecule has 56 nitrogen and oxygen atoms in total. The van der Waals surface area contributed by atoms with E-state index in [1.54, 1.807) is 108 Å². The Morgan fingerprint density at radius 1 is 0.279 bits per heavy atom. The summed E-state index contributed by atoms with van der Waals surface area (Å²) in [6, 6.07) is 37.2. The van der Waals surface area contributed by atoms with Gasteiger partial charge in [0.1, 0.15) is 0 Å². The molecule has 0 aliphatic heterocycles. The number of aromatic hydroxyl groups is 16. The lowest BCUT2D eigenvalue weighted by molar-refractivity contribution is 0.403. The maximum Gasteiger partial charge on any atom is 0.246 e. The molecule has 0 bridgehead atoms. The fraction of sp³-hybridized carbons (Fsp3) is 0.238. The predicted octanol–water partition coefficient (Wildman–Crippen LogP) is 5.29. The molecule has 0 aliphatic carbocycles. The van der Waals surface area contributed by atoms with E-state index in [1.807, 2.05) is 64.0 Å². The first-order chi connectivity index (χ1) is 66.6. The van der Waals surface area contributed by atoms with Crippen LogP contribution in [0.15, 0.2) is 146 Å². The summed E-state index contributed by atoms with van der Waals surface area (Å²) in [7, 11) is 21.8. The van der Waals surface area contributed by atoms with Crippen molar-refractivity contribution >= 4 is 95.2 Å². The third-order valence-electron chi connectivity index (χ3n) is 19.1. The summed E-state index contributed by atoms with van der Waals surface area (Å²) < 4.78 is 3.28. The van der Waals surface area contributed by atoms with Crippen LogP contribution in [0, 0.1) is 0 Å². The molecule has 8 aromatic carbocycles. The highest BCUT2D eigenvalue weighted by atomic mass is 16.3. The molecule has 0 saturated carbocycles. The zero-order valence-corrected chi connectivity index (χ0v) is 77.7. The fourth-order valence-corrected chi connectivity index (χ4v) is 11.6. The van der Waals surface area contributed by atoms with Crippen LogP contribution in [0.1, 0.15) is 44.5 Å². The van der Waals surface area contributed by atoms with E-state index in [0.717, 1.165) is 44.5 Å². The number of hydrogen-bond acceptors (Lipinski definition) is 48. The summed E-state index contributed by atoms with van der Waals surface area (Å²) >= 11 is 0. The van der Waals surface area contributed by atoms with Crippen molar-refractivity contribution in [2.45, 2.75) is 52.4 Å². The summed E-state index contributed by atoms with van der Waals surface area (Å²) in [5, 5.41) is 221. The van der Waals surface area contributed by atoms with Crippen molar-refractivity contribution in [3.63, 3.8) is 0 Å². The second-order valence-electron chi connectivity index (χ2n) is 30.6. The van der Waals surface area contributed by atoms with Crippen molar-refractivity contribution in [2.75, 3.05) is 155 Å². The minimum absolute atomic E-state index is 0.124. The maximum absolute atomic E-state index is 9.45. The van der Waals surface area contributed by atoms with Crippen LogP contribution in [-0.4, -0.2) is 273 Å².